The van der Waals surface area contributed by atoms with E-state index in [0.29, 0.717) is 18.1 Å². The molecular weight excluding hydrogens is 254 g/mol. The molecule has 0 aliphatic heterocycles. The molecule has 4 nitrogen and oxygen atoms in total. The van der Waals surface area contributed by atoms with Gasteiger partial charge < -0.3 is 9.84 Å². The Labute approximate surface area is 118 Å². The number of aromatic carboxylic acids is 1. The number of hydrogen-bond donors (Lipinski definition) is 1. The van der Waals surface area contributed by atoms with E-state index in [2.05, 4.69) is 11.1 Å². The van der Waals surface area contributed by atoms with Crippen molar-refractivity contribution in [2.45, 2.75) is 27.4 Å². The Bertz CT molecular complexity index is 630. The minimum atomic E-state index is -1.08. The molecule has 0 aliphatic rings. The molecule has 0 saturated heterocycles. The zero-order valence-electron chi connectivity index (χ0n) is 11.8. The van der Waals surface area contributed by atoms with Gasteiger partial charge in [-0.3, -0.25) is 0 Å². The van der Waals surface area contributed by atoms with Crippen molar-refractivity contribution in [2.24, 2.45) is 0 Å². The van der Waals surface area contributed by atoms with E-state index in [1.807, 2.05) is 26.0 Å². The first-order chi connectivity index (χ1) is 9.45. The Balaban J connectivity index is 2.20. The summed E-state index contributed by atoms with van der Waals surface area (Å²) in [6, 6.07) is 9.52. The average Bonchev–Trinajstić information content (AvgIpc) is 2.36. The van der Waals surface area contributed by atoms with Crippen molar-refractivity contribution in [3.8, 4) is 5.75 Å². The molecule has 2 aromatic rings. The van der Waals surface area contributed by atoms with Crippen LogP contribution in [-0.2, 0) is 6.61 Å². The molecule has 104 valence electrons. The van der Waals surface area contributed by atoms with Crippen molar-refractivity contribution in [3.63, 3.8) is 0 Å². The second-order valence-electron chi connectivity index (χ2n) is 4.89. The van der Waals surface area contributed by atoms with Crippen LogP contribution in [-0.4, -0.2) is 16.1 Å². The standard InChI is InChI=1S/C16H17NO3/c1-10-6-11(2)8-13(7-10)9-20-14-5-4-12(3)17-15(14)16(18)19/h4-8H,9H2,1-3H3,(H,18,19). The highest BCUT2D eigenvalue weighted by Gasteiger charge is 2.13. The lowest BCUT2D eigenvalue weighted by Gasteiger charge is -2.10. The second kappa shape index (κ2) is 5.74. The number of aryl methyl sites for hydroxylation is 3. The molecule has 0 bridgehead atoms. The molecule has 0 fully saturated rings. The Kier molecular flexibility index (Phi) is 4.03. The van der Waals surface area contributed by atoms with E-state index in [9.17, 15) is 4.79 Å². The topological polar surface area (TPSA) is 59.4 Å². The van der Waals surface area contributed by atoms with Gasteiger partial charge in [0.05, 0.1) is 0 Å². The van der Waals surface area contributed by atoms with Gasteiger partial charge in [-0.25, -0.2) is 9.78 Å². The molecule has 0 saturated carbocycles. The molecule has 0 unspecified atom stereocenters. The highest BCUT2D eigenvalue weighted by molar-refractivity contribution is 5.88. The van der Waals surface area contributed by atoms with E-state index < -0.39 is 5.97 Å². The minimum Gasteiger partial charge on any atom is -0.486 e. The van der Waals surface area contributed by atoms with Crippen LogP contribution in [0.25, 0.3) is 0 Å². The van der Waals surface area contributed by atoms with Crippen LogP contribution in [0.5, 0.6) is 5.75 Å². The molecule has 2 rings (SSSR count). The van der Waals surface area contributed by atoms with Gasteiger partial charge in [0.15, 0.2) is 11.4 Å². The van der Waals surface area contributed by atoms with Crippen LogP contribution >= 0.6 is 0 Å². The van der Waals surface area contributed by atoms with Crippen molar-refractivity contribution in [1.82, 2.24) is 4.98 Å². The zero-order valence-corrected chi connectivity index (χ0v) is 11.8. The van der Waals surface area contributed by atoms with E-state index in [4.69, 9.17) is 9.84 Å². The Morgan fingerprint density at radius 3 is 2.40 bits per heavy atom. The largest absolute Gasteiger partial charge is 0.486 e. The van der Waals surface area contributed by atoms with Crippen molar-refractivity contribution in [1.29, 1.82) is 0 Å². The normalized spacial score (nSPS) is 10.3. The quantitative estimate of drug-likeness (QED) is 0.927. The summed E-state index contributed by atoms with van der Waals surface area (Å²) in [6.45, 7) is 6.12. The summed E-state index contributed by atoms with van der Waals surface area (Å²) in [5.41, 5.74) is 3.93. The molecular formula is C16H17NO3. The van der Waals surface area contributed by atoms with Gasteiger partial charge in [-0.2, -0.15) is 0 Å². The highest BCUT2D eigenvalue weighted by atomic mass is 16.5. The van der Waals surface area contributed by atoms with Gasteiger partial charge in [-0.05, 0) is 38.5 Å². The van der Waals surface area contributed by atoms with Gasteiger partial charge in [0.25, 0.3) is 0 Å². The maximum absolute atomic E-state index is 11.2. The van der Waals surface area contributed by atoms with Gasteiger partial charge in [0, 0.05) is 5.69 Å². The van der Waals surface area contributed by atoms with Crippen LogP contribution in [0.3, 0.4) is 0 Å². The molecule has 0 radical (unpaired) electrons. The fourth-order valence-electron chi connectivity index (χ4n) is 2.13. The highest BCUT2D eigenvalue weighted by Crippen LogP contribution is 2.19. The first-order valence-corrected chi connectivity index (χ1v) is 6.36. The lowest BCUT2D eigenvalue weighted by atomic mass is 10.1. The molecule has 0 amide bonds. The lowest BCUT2D eigenvalue weighted by Crippen LogP contribution is -2.07. The third-order valence-electron chi connectivity index (χ3n) is 2.88. The monoisotopic (exact) mass is 271 g/mol. The molecule has 1 heterocycles. The molecule has 0 spiro atoms. The van der Waals surface area contributed by atoms with Crippen LogP contribution in [0.15, 0.2) is 30.3 Å². The maximum Gasteiger partial charge on any atom is 0.358 e. The fraction of sp³-hybridized carbons (Fsp3) is 0.250. The fourth-order valence-corrected chi connectivity index (χ4v) is 2.13. The summed E-state index contributed by atoms with van der Waals surface area (Å²) in [5, 5.41) is 9.13. The van der Waals surface area contributed by atoms with Crippen molar-refractivity contribution >= 4 is 5.97 Å². The summed E-state index contributed by atoms with van der Waals surface area (Å²) < 4.78 is 5.61. The van der Waals surface area contributed by atoms with Crippen LogP contribution in [0, 0.1) is 20.8 Å². The first-order valence-electron chi connectivity index (χ1n) is 6.36. The van der Waals surface area contributed by atoms with Crippen LogP contribution in [0.4, 0.5) is 0 Å². The third-order valence-corrected chi connectivity index (χ3v) is 2.88. The lowest BCUT2D eigenvalue weighted by molar-refractivity contribution is 0.0684. The number of nitrogens with zero attached hydrogens (tertiary/aromatic N) is 1. The predicted octanol–water partition coefficient (Wildman–Crippen LogP) is 3.28. The van der Waals surface area contributed by atoms with Gasteiger partial charge >= 0.3 is 5.97 Å². The van der Waals surface area contributed by atoms with E-state index in [-0.39, 0.29) is 5.69 Å². The van der Waals surface area contributed by atoms with E-state index in [1.54, 1.807) is 19.1 Å². The van der Waals surface area contributed by atoms with Crippen molar-refractivity contribution in [2.75, 3.05) is 0 Å². The van der Waals surface area contributed by atoms with Gasteiger partial charge in [0.1, 0.15) is 6.61 Å². The maximum atomic E-state index is 11.2. The number of pyridine rings is 1. The number of hydrogen-bond acceptors (Lipinski definition) is 3. The summed E-state index contributed by atoms with van der Waals surface area (Å²) >= 11 is 0. The molecule has 0 aliphatic carbocycles. The number of carbonyl (C=O) groups is 1. The second-order valence-corrected chi connectivity index (χ2v) is 4.89. The number of carboxylic acids is 1. The van der Waals surface area contributed by atoms with Crippen LogP contribution in [0.2, 0.25) is 0 Å². The molecule has 20 heavy (non-hydrogen) atoms. The molecule has 1 aromatic carbocycles. The summed E-state index contributed by atoms with van der Waals surface area (Å²) in [4.78, 5) is 15.1. The van der Waals surface area contributed by atoms with Crippen molar-refractivity contribution < 1.29 is 14.6 Å². The minimum absolute atomic E-state index is 0.0469. The summed E-state index contributed by atoms with van der Waals surface area (Å²) in [5.74, 6) is -0.786. The number of benzene rings is 1. The number of rotatable bonds is 4. The zero-order chi connectivity index (χ0) is 14.7. The number of carboxylic acid groups (broad SMARTS) is 1. The summed E-state index contributed by atoms with van der Waals surface area (Å²) in [6.07, 6.45) is 0. The number of ether oxygens (including phenoxy) is 1. The Morgan fingerprint density at radius 2 is 1.80 bits per heavy atom. The average molecular weight is 271 g/mol. The van der Waals surface area contributed by atoms with Crippen LogP contribution in [0.1, 0.15) is 32.9 Å². The molecule has 1 N–H and O–H groups in total. The molecule has 4 heteroatoms. The van der Waals surface area contributed by atoms with Crippen molar-refractivity contribution in [3.05, 3.63) is 58.4 Å². The van der Waals surface area contributed by atoms with Crippen LogP contribution < -0.4 is 4.74 Å². The Hall–Kier alpha value is -2.36. The first kappa shape index (κ1) is 14.1. The third kappa shape index (κ3) is 3.35. The summed E-state index contributed by atoms with van der Waals surface area (Å²) in [7, 11) is 0. The SMILES string of the molecule is Cc1cc(C)cc(COc2ccc(C)nc2C(=O)O)c1. The van der Waals surface area contributed by atoms with Gasteiger partial charge in [-0.15, -0.1) is 0 Å². The molecule has 0 atom stereocenters. The number of aromatic nitrogens is 1. The van der Waals surface area contributed by atoms with Gasteiger partial charge in [0.2, 0.25) is 0 Å². The molecule has 1 aromatic heterocycles. The predicted molar refractivity (Wildman–Crippen MR) is 76.2 cm³/mol. The van der Waals surface area contributed by atoms with E-state index >= 15 is 0 Å². The van der Waals surface area contributed by atoms with E-state index in [0.717, 1.165) is 16.7 Å². The van der Waals surface area contributed by atoms with Gasteiger partial charge in [-0.1, -0.05) is 29.3 Å². The smallest absolute Gasteiger partial charge is 0.358 e. The Morgan fingerprint density at radius 1 is 1.15 bits per heavy atom. The van der Waals surface area contributed by atoms with E-state index in [1.165, 1.54) is 0 Å².